The van der Waals surface area contributed by atoms with Crippen LogP contribution in [-0.4, -0.2) is 38.7 Å². The van der Waals surface area contributed by atoms with E-state index in [1.54, 1.807) is 0 Å². The maximum atomic E-state index is 11.8. The number of nitrogens with one attached hydrogen (secondary N) is 2. The number of hydrogen-bond acceptors (Lipinski definition) is 4. The molecule has 2 atom stereocenters. The van der Waals surface area contributed by atoms with Crippen molar-refractivity contribution in [3.05, 3.63) is 11.5 Å². The Hall–Kier alpha value is -0.880. The van der Waals surface area contributed by atoms with Crippen LogP contribution in [0, 0.1) is 0 Å². The van der Waals surface area contributed by atoms with E-state index in [1.807, 2.05) is 0 Å². The molecule has 0 aromatic heterocycles. The summed E-state index contributed by atoms with van der Waals surface area (Å²) >= 11 is 0. The largest absolute Gasteiger partial charge is 0.347 e. The Labute approximate surface area is 95.2 Å². The van der Waals surface area contributed by atoms with Crippen LogP contribution in [0.15, 0.2) is 11.5 Å². The highest BCUT2D eigenvalue weighted by molar-refractivity contribution is 7.94. The van der Waals surface area contributed by atoms with Crippen LogP contribution < -0.4 is 10.6 Å². The second-order valence-corrected chi connectivity index (χ2v) is 6.21. The van der Waals surface area contributed by atoms with E-state index in [4.69, 9.17) is 0 Å². The van der Waals surface area contributed by atoms with Crippen LogP contribution >= 0.6 is 0 Å². The van der Waals surface area contributed by atoms with Gasteiger partial charge in [0.1, 0.15) is 0 Å². The third-order valence-electron chi connectivity index (χ3n) is 2.88. The molecule has 6 heteroatoms. The number of rotatable bonds is 2. The van der Waals surface area contributed by atoms with Crippen LogP contribution in [0.2, 0.25) is 0 Å². The molecule has 2 N–H and O–H groups in total. The van der Waals surface area contributed by atoms with Gasteiger partial charge in [0.25, 0.3) is 0 Å². The molecule has 2 heterocycles. The number of amides is 1. The zero-order valence-corrected chi connectivity index (χ0v) is 9.79. The molecule has 1 saturated heterocycles. The number of sulfone groups is 1. The summed E-state index contributed by atoms with van der Waals surface area (Å²) in [6, 6.07) is -0.522. The number of carbonyl (C=O) groups excluding carboxylic acids is 1. The smallest absolute Gasteiger partial charge is 0.237 e. The molecule has 2 unspecified atom stereocenters. The Morgan fingerprint density at radius 1 is 1.38 bits per heavy atom. The SMILES string of the molecule is O=C(NC1C=CS(=O)(=O)C1)C1CCCCN1. The molecule has 0 saturated carbocycles. The molecular weight excluding hydrogens is 228 g/mol. The number of carbonyl (C=O) groups is 1. The van der Waals surface area contributed by atoms with E-state index in [2.05, 4.69) is 10.6 Å². The predicted octanol–water partition coefficient (Wildman–Crippen LogP) is -0.445. The van der Waals surface area contributed by atoms with E-state index >= 15 is 0 Å². The topological polar surface area (TPSA) is 75.3 Å². The Morgan fingerprint density at radius 2 is 2.19 bits per heavy atom. The van der Waals surface area contributed by atoms with E-state index < -0.39 is 9.84 Å². The summed E-state index contributed by atoms with van der Waals surface area (Å²) in [6.07, 6.45) is 4.51. The van der Waals surface area contributed by atoms with Crippen molar-refractivity contribution in [1.82, 2.24) is 10.6 Å². The second-order valence-electron chi connectivity index (χ2n) is 4.28. The van der Waals surface area contributed by atoms with Gasteiger partial charge in [0.2, 0.25) is 5.91 Å². The molecule has 1 fully saturated rings. The van der Waals surface area contributed by atoms with Crippen molar-refractivity contribution in [2.45, 2.75) is 31.3 Å². The summed E-state index contributed by atoms with van der Waals surface area (Å²) in [5.74, 6) is -0.0997. The van der Waals surface area contributed by atoms with Crippen LogP contribution in [-0.2, 0) is 14.6 Å². The van der Waals surface area contributed by atoms with Gasteiger partial charge in [0.05, 0.1) is 17.8 Å². The average molecular weight is 244 g/mol. The predicted molar refractivity (Wildman–Crippen MR) is 60.5 cm³/mol. The van der Waals surface area contributed by atoms with Gasteiger partial charge in [0, 0.05) is 5.41 Å². The first kappa shape index (κ1) is 11.6. The Morgan fingerprint density at radius 3 is 2.75 bits per heavy atom. The van der Waals surface area contributed by atoms with Gasteiger partial charge in [-0.2, -0.15) is 0 Å². The summed E-state index contributed by atoms with van der Waals surface area (Å²) in [7, 11) is -3.09. The summed E-state index contributed by atoms with van der Waals surface area (Å²) in [6.45, 7) is 0.858. The molecule has 1 amide bonds. The Balaban J connectivity index is 1.86. The molecule has 2 aliphatic heterocycles. The first-order valence-electron chi connectivity index (χ1n) is 5.51. The minimum atomic E-state index is -3.09. The Kier molecular flexibility index (Phi) is 3.30. The molecule has 0 aromatic carbocycles. The van der Waals surface area contributed by atoms with Crippen LogP contribution in [0.25, 0.3) is 0 Å². The lowest BCUT2D eigenvalue weighted by Crippen LogP contribution is -2.49. The normalized spacial score (nSPS) is 32.5. The molecule has 16 heavy (non-hydrogen) atoms. The maximum absolute atomic E-state index is 11.8. The van der Waals surface area contributed by atoms with Crippen LogP contribution in [0.1, 0.15) is 19.3 Å². The van der Waals surface area contributed by atoms with Crippen molar-refractivity contribution in [3.8, 4) is 0 Å². The second kappa shape index (κ2) is 4.55. The van der Waals surface area contributed by atoms with Crippen molar-refractivity contribution in [1.29, 1.82) is 0 Å². The molecule has 2 rings (SSSR count). The summed E-state index contributed by atoms with van der Waals surface area (Å²) < 4.78 is 22.3. The zero-order valence-electron chi connectivity index (χ0n) is 8.98. The van der Waals surface area contributed by atoms with Crippen LogP contribution in [0.5, 0.6) is 0 Å². The quantitative estimate of drug-likeness (QED) is 0.690. The molecule has 0 spiro atoms. The molecule has 0 bridgehead atoms. The van der Waals surface area contributed by atoms with Gasteiger partial charge in [0.15, 0.2) is 9.84 Å². The monoisotopic (exact) mass is 244 g/mol. The third-order valence-corrected chi connectivity index (χ3v) is 4.28. The van der Waals surface area contributed by atoms with E-state index in [1.165, 1.54) is 11.5 Å². The van der Waals surface area contributed by atoms with Gasteiger partial charge in [-0.3, -0.25) is 4.79 Å². The Bertz CT molecular complexity index is 396. The van der Waals surface area contributed by atoms with Crippen molar-refractivity contribution in [2.24, 2.45) is 0 Å². The van der Waals surface area contributed by atoms with Crippen LogP contribution in [0.4, 0.5) is 0 Å². The fourth-order valence-corrected chi connectivity index (χ4v) is 3.26. The van der Waals surface area contributed by atoms with Gasteiger partial charge >= 0.3 is 0 Å². The summed E-state index contributed by atoms with van der Waals surface area (Å²) in [4.78, 5) is 11.8. The van der Waals surface area contributed by atoms with Crippen molar-refractivity contribution >= 4 is 15.7 Å². The van der Waals surface area contributed by atoms with Crippen LogP contribution in [0.3, 0.4) is 0 Å². The lowest BCUT2D eigenvalue weighted by molar-refractivity contribution is -0.123. The highest BCUT2D eigenvalue weighted by Gasteiger charge is 2.26. The molecule has 5 nitrogen and oxygen atoms in total. The van der Waals surface area contributed by atoms with Gasteiger partial charge in [-0.05, 0) is 25.5 Å². The molecule has 2 aliphatic rings. The van der Waals surface area contributed by atoms with Gasteiger partial charge in [-0.25, -0.2) is 8.42 Å². The zero-order chi connectivity index (χ0) is 11.6. The minimum absolute atomic E-state index is 0.00847. The summed E-state index contributed by atoms with van der Waals surface area (Å²) in [5, 5.41) is 7.04. The van der Waals surface area contributed by atoms with E-state index in [0.717, 1.165) is 25.8 Å². The lowest BCUT2D eigenvalue weighted by Gasteiger charge is -2.23. The molecule has 0 radical (unpaired) electrons. The molecular formula is C10H16N2O3S. The van der Waals surface area contributed by atoms with Gasteiger partial charge in [-0.15, -0.1) is 0 Å². The highest BCUT2D eigenvalue weighted by Crippen LogP contribution is 2.10. The van der Waals surface area contributed by atoms with Crippen molar-refractivity contribution in [3.63, 3.8) is 0 Å². The maximum Gasteiger partial charge on any atom is 0.237 e. The van der Waals surface area contributed by atoms with Crippen molar-refractivity contribution in [2.75, 3.05) is 12.3 Å². The summed E-state index contributed by atoms with van der Waals surface area (Å²) in [5.41, 5.74) is 0. The standard InChI is InChI=1S/C10H16N2O3S/c13-10(9-3-1-2-5-11-9)12-8-4-6-16(14,15)7-8/h4,6,8-9,11H,1-3,5,7H2,(H,12,13). The average Bonchev–Trinajstić information content (AvgIpc) is 2.59. The van der Waals surface area contributed by atoms with Crippen molar-refractivity contribution < 1.29 is 13.2 Å². The van der Waals surface area contributed by atoms with E-state index in [0.29, 0.717) is 0 Å². The van der Waals surface area contributed by atoms with Gasteiger partial charge in [-0.1, -0.05) is 6.42 Å². The van der Waals surface area contributed by atoms with E-state index in [-0.39, 0.29) is 23.7 Å². The molecule has 0 aromatic rings. The minimum Gasteiger partial charge on any atom is -0.347 e. The van der Waals surface area contributed by atoms with E-state index in [9.17, 15) is 13.2 Å². The fraction of sp³-hybridized carbons (Fsp3) is 0.700. The fourth-order valence-electron chi connectivity index (χ4n) is 2.02. The third kappa shape index (κ3) is 2.82. The molecule has 90 valence electrons. The lowest BCUT2D eigenvalue weighted by atomic mass is 10.0. The molecule has 0 aliphatic carbocycles. The highest BCUT2D eigenvalue weighted by atomic mass is 32.2. The first-order chi connectivity index (χ1) is 7.57. The van der Waals surface area contributed by atoms with Gasteiger partial charge < -0.3 is 10.6 Å². The first-order valence-corrected chi connectivity index (χ1v) is 7.23. The number of piperidine rings is 1. The number of hydrogen-bond donors (Lipinski definition) is 2.